The molecule has 2 N–H and O–H groups in total. The van der Waals surface area contributed by atoms with Crippen LogP contribution in [0.4, 0.5) is 24.5 Å². The number of rotatable bonds is 7. The van der Waals surface area contributed by atoms with Crippen LogP contribution in [0, 0.1) is 0 Å². The Bertz CT molecular complexity index is 1080. The minimum atomic E-state index is -4.78. The van der Waals surface area contributed by atoms with Gasteiger partial charge in [0.15, 0.2) is 5.57 Å². The zero-order valence-electron chi connectivity index (χ0n) is 17.9. The van der Waals surface area contributed by atoms with Gasteiger partial charge in [0.2, 0.25) is 5.91 Å². The number of nitrogens with one attached hydrogen (secondary N) is 2. The van der Waals surface area contributed by atoms with Gasteiger partial charge in [-0.1, -0.05) is 0 Å². The molecule has 0 unspecified atom stereocenters. The molecule has 0 radical (unpaired) electrons. The fourth-order valence-corrected chi connectivity index (χ4v) is 3.37. The second-order valence-electron chi connectivity index (χ2n) is 7.31. The van der Waals surface area contributed by atoms with Gasteiger partial charge in [-0.3, -0.25) is 4.79 Å². The van der Waals surface area contributed by atoms with Gasteiger partial charge in [-0.15, -0.1) is 24.9 Å². The van der Waals surface area contributed by atoms with Crippen molar-refractivity contribution in [3.63, 3.8) is 0 Å². The van der Waals surface area contributed by atoms with E-state index in [1.54, 1.807) is 24.3 Å². The van der Waals surface area contributed by atoms with Crippen molar-refractivity contribution in [3.05, 3.63) is 60.3 Å². The van der Waals surface area contributed by atoms with E-state index in [1.807, 2.05) is 0 Å². The molecule has 0 bridgehead atoms. The monoisotopic (exact) mass is 496 g/mol. The maximum Gasteiger partial charge on any atom is 0.573 e. The molecule has 0 aromatic heterocycles. The van der Waals surface area contributed by atoms with Crippen LogP contribution >= 0.6 is 11.8 Å². The van der Waals surface area contributed by atoms with Crippen LogP contribution in [0.3, 0.4) is 0 Å². The van der Waals surface area contributed by atoms with Crippen LogP contribution < -0.4 is 15.4 Å². The lowest BCUT2D eigenvalue weighted by atomic mass is 10.2. The number of ether oxygens (including phenoxy) is 3. The molecule has 0 atom stereocenters. The van der Waals surface area contributed by atoms with Crippen molar-refractivity contribution >= 4 is 41.0 Å². The highest BCUT2D eigenvalue weighted by Crippen LogP contribution is 2.26. The fourth-order valence-electron chi connectivity index (χ4n) is 2.67. The molecule has 34 heavy (non-hydrogen) atoms. The second kappa shape index (κ2) is 10.1. The largest absolute Gasteiger partial charge is 0.573 e. The van der Waals surface area contributed by atoms with Crippen molar-refractivity contribution < 1.29 is 41.8 Å². The third-order valence-electron chi connectivity index (χ3n) is 4.10. The normalized spacial score (nSPS) is 15.1. The third-order valence-corrected chi connectivity index (χ3v) is 5.11. The molecular weight excluding hydrogens is 477 g/mol. The molecule has 0 spiro atoms. The molecule has 1 heterocycles. The van der Waals surface area contributed by atoms with Crippen molar-refractivity contribution in [2.24, 2.45) is 0 Å². The van der Waals surface area contributed by atoms with E-state index in [1.165, 1.54) is 43.9 Å². The molecule has 1 aliphatic heterocycles. The van der Waals surface area contributed by atoms with Crippen LogP contribution in [-0.4, -0.2) is 35.7 Å². The number of hydrogen-bond donors (Lipinski definition) is 2. The number of carbonyl (C=O) groups excluding carboxylic acids is 3. The Morgan fingerprint density at radius 2 is 1.56 bits per heavy atom. The highest BCUT2D eigenvalue weighted by molar-refractivity contribution is 8.00. The van der Waals surface area contributed by atoms with E-state index in [4.69, 9.17) is 9.47 Å². The number of halogens is 3. The van der Waals surface area contributed by atoms with Crippen molar-refractivity contribution in [3.8, 4) is 5.75 Å². The first-order valence-corrected chi connectivity index (χ1v) is 10.7. The van der Waals surface area contributed by atoms with E-state index < -0.39 is 24.1 Å². The Hall–Kier alpha value is -3.67. The smallest absolute Gasteiger partial charge is 0.419 e. The Morgan fingerprint density at radius 1 is 1.00 bits per heavy atom. The maximum atomic E-state index is 12.2. The minimum absolute atomic E-state index is 0.0606. The first-order chi connectivity index (χ1) is 15.9. The van der Waals surface area contributed by atoms with Crippen LogP contribution in [0.5, 0.6) is 5.75 Å². The summed E-state index contributed by atoms with van der Waals surface area (Å²) in [6, 6.07) is 11.6. The van der Waals surface area contributed by atoms with Crippen molar-refractivity contribution in [1.29, 1.82) is 0 Å². The number of anilines is 2. The lowest BCUT2D eigenvalue weighted by molar-refractivity contribution is -0.274. The van der Waals surface area contributed by atoms with Crippen molar-refractivity contribution in [2.45, 2.75) is 30.9 Å². The second-order valence-corrected chi connectivity index (χ2v) is 8.36. The molecular formula is C22H19F3N2O6S. The van der Waals surface area contributed by atoms with Crippen LogP contribution in [0.15, 0.2) is 65.2 Å². The number of cyclic esters (lactones) is 2. The zero-order chi connectivity index (χ0) is 24.9. The number of benzene rings is 2. The number of amides is 1. The van der Waals surface area contributed by atoms with Gasteiger partial charge in [-0.2, -0.15) is 0 Å². The van der Waals surface area contributed by atoms with Crippen LogP contribution in [0.1, 0.15) is 13.8 Å². The highest BCUT2D eigenvalue weighted by Gasteiger charge is 2.39. The van der Waals surface area contributed by atoms with Gasteiger partial charge in [-0.05, 0) is 48.5 Å². The lowest BCUT2D eigenvalue weighted by Gasteiger charge is -2.29. The van der Waals surface area contributed by atoms with E-state index >= 15 is 0 Å². The van der Waals surface area contributed by atoms with E-state index in [0.29, 0.717) is 11.4 Å². The number of hydrogen-bond acceptors (Lipinski definition) is 8. The summed E-state index contributed by atoms with van der Waals surface area (Å²) >= 11 is 1.24. The van der Waals surface area contributed by atoms with Crippen molar-refractivity contribution in [2.75, 3.05) is 16.4 Å². The van der Waals surface area contributed by atoms with E-state index in [9.17, 15) is 27.6 Å². The Kier molecular flexibility index (Phi) is 7.40. The standard InChI is InChI=1S/C22H19F3N2O6S/c1-21(2)32-19(29)17(20(30)33-21)11-26-13-5-9-16(10-6-13)34-12-18(28)27-14-3-7-15(8-4-14)31-22(23,24)25/h3-11,26H,12H2,1-2H3,(H,27,28). The molecule has 2 aromatic carbocycles. The summed E-state index contributed by atoms with van der Waals surface area (Å²) in [5.41, 5.74) is 0.635. The summed E-state index contributed by atoms with van der Waals surface area (Å²) in [6.45, 7) is 2.90. The topological polar surface area (TPSA) is 103 Å². The summed E-state index contributed by atoms with van der Waals surface area (Å²) < 4.78 is 50.3. The molecule has 1 saturated heterocycles. The van der Waals surface area contributed by atoms with Gasteiger partial charge in [-0.25, -0.2) is 9.59 Å². The molecule has 0 saturated carbocycles. The Labute approximate surface area is 196 Å². The Morgan fingerprint density at radius 3 is 2.12 bits per heavy atom. The van der Waals surface area contributed by atoms with Crippen molar-refractivity contribution in [1.82, 2.24) is 0 Å². The van der Waals surface area contributed by atoms with Crippen LogP contribution in [0.25, 0.3) is 0 Å². The van der Waals surface area contributed by atoms with Crippen LogP contribution in [0.2, 0.25) is 0 Å². The summed E-state index contributed by atoms with van der Waals surface area (Å²) in [5.74, 6) is -3.58. The third kappa shape index (κ3) is 7.44. The SMILES string of the molecule is CC1(C)OC(=O)C(=CNc2ccc(SCC(=O)Nc3ccc(OC(F)(F)F)cc3)cc2)C(=O)O1. The molecule has 180 valence electrons. The number of thioether (sulfide) groups is 1. The van der Waals surface area contributed by atoms with Gasteiger partial charge in [0.05, 0.1) is 5.75 Å². The van der Waals surface area contributed by atoms with Gasteiger partial charge in [0.1, 0.15) is 5.75 Å². The van der Waals surface area contributed by atoms with E-state index in [0.717, 1.165) is 17.0 Å². The molecule has 3 rings (SSSR count). The fraction of sp³-hybridized carbons (Fsp3) is 0.227. The molecule has 1 amide bonds. The average molecular weight is 496 g/mol. The summed E-state index contributed by atoms with van der Waals surface area (Å²) in [7, 11) is 0. The highest BCUT2D eigenvalue weighted by atomic mass is 32.2. The van der Waals surface area contributed by atoms with Gasteiger partial charge in [0, 0.05) is 36.3 Å². The molecule has 8 nitrogen and oxygen atoms in total. The molecule has 1 aliphatic rings. The number of alkyl halides is 3. The van der Waals surface area contributed by atoms with Gasteiger partial charge >= 0.3 is 18.3 Å². The zero-order valence-corrected chi connectivity index (χ0v) is 18.7. The van der Waals surface area contributed by atoms with E-state index in [2.05, 4.69) is 15.4 Å². The van der Waals surface area contributed by atoms with Gasteiger partial charge in [0.25, 0.3) is 5.79 Å². The quantitative estimate of drug-likeness (QED) is 0.251. The first kappa shape index (κ1) is 25.0. The first-order valence-electron chi connectivity index (χ1n) is 9.72. The predicted molar refractivity (Wildman–Crippen MR) is 117 cm³/mol. The van der Waals surface area contributed by atoms with E-state index in [-0.39, 0.29) is 23.0 Å². The minimum Gasteiger partial charge on any atom is -0.419 e. The number of carbonyl (C=O) groups is 3. The molecule has 0 aliphatic carbocycles. The van der Waals surface area contributed by atoms with Gasteiger partial charge < -0.3 is 24.8 Å². The average Bonchev–Trinajstić information content (AvgIpc) is 2.72. The molecule has 12 heteroatoms. The number of esters is 2. The maximum absolute atomic E-state index is 12.2. The summed E-state index contributed by atoms with van der Waals surface area (Å²) in [6.07, 6.45) is -3.59. The summed E-state index contributed by atoms with van der Waals surface area (Å²) in [4.78, 5) is 36.7. The Balaban J connectivity index is 1.48. The van der Waals surface area contributed by atoms with Crippen LogP contribution in [-0.2, 0) is 23.9 Å². The lowest BCUT2D eigenvalue weighted by Crippen LogP contribution is -2.42. The summed E-state index contributed by atoms with van der Waals surface area (Å²) in [5, 5.41) is 5.39. The molecule has 2 aromatic rings. The predicted octanol–water partition coefficient (Wildman–Crippen LogP) is 4.45. The molecule has 1 fully saturated rings.